The van der Waals surface area contributed by atoms with Crippen molar-refractivity contribution in [3.05, 3.63) is 59.7 Å². The van der Waals surface area contributed by atoms with Crippen LogP contribution in [0.15, 0.2) is 53.7 Å². The lowest BCUT2D eigenvalue weighted by molar-refractivity contribution is 0.317. The summed E-state index contributed by atoms with van der Waals surface area (Å²) in [5.74, 6) is 0. The highest BCUT2D eigenvalue weighted by atomic mass is 16.4. The van der Waals surface area contributed by atoms with Gasteiger partial charge in [0.1, 0.15) is 0 Å². The van der Waals surface area contributed by atoms with Crippen molar-refractivity contribution in [3.8, 4) is 11.1 Å². The molecule has 0 amide bonds. The topological polar surface area (TPSA) is 32.6 Å². The maximum Gasteiger partial charge on any atom is 0.0870 e. The Morgan fingerprint density at radius 3 is 2.50 bits per heavy atom. The van der Waals surface area contributed by atoms with Gasteiger partial charge >= 0.3 is 0 Å². The molecule has 0 fully saturated rings. The predicted octanol–water partition coefficient (Wildman–Crippen LogP) is 3.87. The van der Waals surface area contributed by atoms with Gasteiger partial charge in [-0.3, -0.25) is 0 Å². The first kappa shape index (κ1) is 11.0. The van der Waals surface area contributed by atoms with E-state index in [0.29, 0.717) is 0 Å². The number of benzene rings is 2. The molecule has 0 bridgehead atoms. The Kier molecular flexibility index (Phi) is 2.85. The van der Waals surface area contributed by atoms with Crippen LogP contribution in [0.4, 0.5) is 0 Å². The van der Waals surface area contributed by atoms with Crippen LogP contribution in [0.25, 0.3) is 11.1 Å². The Bertz CT molecular complexity index is 587. The predicted molar refractivity (Wildman–Crippen MR) is 73.1 cm³/mol. The summed E-state index contributed by atoms with van der Waals surface area (Å²) >= 11 is 0. The van der Waals surface area contributed by atoms with Crippen molar-refractivity contribution in [3.63, 3.8) is 0 Å². The Labute approximate surface area is 107 Å². The number of hydrogen-bond acceptors (Lipinski definition) is 2. The van der Waals surface area contributed by atoms with Gasteiger partial charge < -0.3 is 5.21 Å². The Balaban J connectivity index is 2.10. The minimum Gasteiger partial charge on any atom is -0.411 e. The fourth-order valence-electron chi connectivity index (χ4n) is 2.56. The number of hydrogen-bond donors (Lipinski definition) is 1. The van der Waals surface area contributed by atoms with Crippen LogP contribution in [0.3, 0.4) is 0 Å². The fraction of sp³-hybridized carbons (Fsp3) is 0.188. The van der Waals surface area contributed by atoms with Crippen molar-refractivity contribution in [2.24, 2.45) is 5.16 Å². The third-order valence-electron chi connectivity index (χ3n) is 3.51. The Morgan fingerprint density at radius 1 is 0.889 bits per heavy atom. The van der Waals surface area contributed by atoms with E-state index in [9.17, 15) is 0 Å². The first-order valence-electron chi connectivity index (χ1n) is 6.28. The van der Waals surface area contributed by atoms with Gasteiger partial charge in [-0.15, -0.1) is 0 Å². The van der Waals surface area contributed by atoms with Gasteiger partial charge in [0.25, 0.3) is 0 Å². The van der Waals surface area contributed by atoms with Crippen molar-refractivity contribution in [2.45, 2.75) is 19.3 Å². The second kappa shape index (κ2) is 4.65. The van der Waals surface area contributed by atoms with E-state index in [-0.39, 0.29) is 0 Å². The lowest BCUT2D eigenvalue weighted by Gasteiger charge is -2.17. The van der Waals surface area contributed by atoms with Crippen LogP contribution in [0, 0.1) is 0 Å². The quantitative estimate of drug-likeness (QED) is 0.592. The molecule has 0 unspecified atom stereocenters. The molecule has 3 rings (SSSR count). The second-order valence-electron chi connectivity index (χ2n) is 4.64. The summed E-state index contributed by atoms with van der Waals surface area (Å²) in [6.45, 7) is 0. The van der Waals surface area contributed by atoms with Gasteiger partial charge in [0.15, 0.2) is 0 Å². The van der Waals surface area contributed by atoms with Gasteiger partial charge in [0.05, 0.1) is 5.71 Å². The summed E-state index contributed by atoms with van der Waals surface area (Å²) in [5.41, 5.74) is 5.58. The Hall–Kier alpha value is -2.09. The molecule has 90 valence electrons. The summed E-state index contributed by atoms with van der Waals surface area (Å²) in [7, 11) is 0. The van der Waals surface area contributed by atoms with Gasteiger partial charge in [-0.2, -0.15) is 0 Å². The molecule has 0 aromatic heterocycles. The molecule has 18 heavy (non-hydrogen) atoms. The normalized spacial score (nSPS) is 16.6. The van der Waals surface area contributed by atoms with Crippen LogP contribution in [0.2, 0.25) is 0 Å². The molecule has 1 N–H and O–H groups in total. The fourth-order valence-corrected chi connectivity index (χ4v) is 2.56. The van der Waals surface area contributed by atoms with Crippen molar-refractivity contribution in [1.82, 2.24) is 0 Å². The van der Waals surface area contributed by atoms with Gasteiger partial charge in [-0.25, -0.2) is 0 Å². The SMILES string of the molecule is O/N=C1/CCCc2ccc(-c3ccccc3)cc21. The minimum atomic E-state index is 0.814. The van der Waals surface area contributed by atoms with E-state index < -0.39 is 0 Å². The smallest absolute Gasteiger partial charge is 0.0870 e. The zero-order chi connectivity index (χ0) is 12.4. The monoisotopic (exact) mass is 237 g/mol. The molecule has 2 aromatic carbocycles. The van der Waals surface area contributed by atoms with Crippen LogP contribution in [-0.4, -0.2) is 10.9 Å². The molecule has 1 aliphatic carbocycles. The molecule has 1 aliphatic rings. The molecule has 2 aromatic rings. The average molecular weight is 237 g/mol. The highest BCUT2D eigenvalue weighted by Gasteiger charge is 2.16. The summed E-state index contributed by atoms with van der Waals surface area (Å²) in [6.07, 6.45) is 3.00. The molecular formula is C16H15NO. The standard InChI is InChI=1S/C16H15NO/c18-17-16-8-4-7-13-9-10-14(11-15(13)16)12-5-2-1-3-6-12/h1-3,5-6,9-11,18H,4,7-8H2/b17-16-. The molecule has 0 aliphatic heterocycles. The van der Waals surface area contributed by atoms with Crippen LogP contribution in [-0.2, 0) is 6.42 Å². The maximum atomic E-state index is 9.09. The minimum absolute atomic E-state index is 0.814. The van der Waals surface area contributed by atoms with Gasteiger partial charge in [-0.05, 0) is 42.0 Å². The summed E-state index contributed by atoms with van der Waals surface area (Å²) in [6, 6.07) is 16.7. The van der Waals surface area contributed by atoms with Crippen molar-refractivity contribution in [2.75, 3.05) is 0 Å². The summed E-state index contributed by atoms with van der Waals surface area (Å²) in [4.78, 5) is 0. The van der Waals surface area contributed by atoms with Gasteiger partial charge in [0.2, 0.25) is 0 Å². The van der Waals surface area contributed by atoms with E-state index in [2.05, 4.69) is 35.5 Å². The Morgan fingerprint density at radius 2 is 1.72 bits per heavy atom. The molecular weight excluding hydrogens is 222 g/mol. The number of rotatable bonds is 1. The molecule has 0 saturated heterocycles. The summed E-state index contributed by atoms with van der Waals surface area (Å²) < 4.78 is 0. The highest BCUT2D eigenvalue weighted by Crippen LogP contribution is 2.27. The van der Waals surface area contributed by atoms with Gasteiger partial charge in [0, 0.05) is 5.56 Å². The largest absolute Gasteiger partial charge is 0.411 e. The van der Waals surface area contributed by atoms with E-state index in [1.54, 1.807) is 0 Å². The molecule has 2 nitrogen and oxygen atoms in total. The number of nitrogens with zero attached hydrogens (tertiary/aromatic N) is 1. The zero-order valence-electron chi connectivity index (χ0n) is 10.1. The number of aryl methyl sites for hydroxylation is 1. The first-order valence-corrected chi connectivity index (χ1v) is 6.28. The zero-order valence-corrected chi connectivity index (χ0v) is 10.1. The van der Waals surface area contributed by atoms with Gasteiger partial charge in [-0.1, -0.05) is 47.6 Å². The molecule has 0 atom stereocenters. The second-order valence-corrected chi connectivity index (χ2v) is 4.64. The molecule has 0 saturated carbocycles. The van der Waals surface area contributed by atoms with E-state index >= 15 is 0 Å². The molecule has 0 spiro atoms. The highest BCUT2D eigenvalue weighted by molar-refractivity contribution is 6.03. The van der Waals surface area contributed by atoms with E-state index in [1.807, 2.05) is 18.2 Å². The van der Waals surface area contributed by atoms with Crippen molar-refractivity contribution < 1.29 is 5.21 Å². The van der Waals surface area contributed by atoms with E-state index in [4.69, 9.17) is 5.21 Å². The average Bonchev–Trinajstić information content (AvgIpc) is 2.47. The molecule has 0 radical (unpaired) electrons. The summed E-state index contributed by atoms with van der Waals surface area (Å²) in [5, 5.41) is 12.5. The maximum absolute atomic E-state index is 9.09. The van der Waals surface area contributed by atoms with Crippen molar-refractivity contribution >= 4 is 5.71 Å². The lowest BCUT2D eigenvalue weighted by atomic mass is 9.88. The number of oxime groups is 1. The third kappa shape index (κ3) is 1.90. The van der Waals surface area contributed by atoms with Crippen LogP contribution < -0.4 is 0 Å². The van der Waals surface area contributed by atoms with Crippen LogP contribution in [0.1, 0.15) is 24.0 Å². The van der Waals surface area contributed by atoms with Crippen LogP contribution in [0.5, 0.6) is 0 Å². The third-order valence-corrected chi connectivity index (χ3v) is 3.51. The molecule has 0 heterocycles. The van der Waals surface area contributed by atoms with E-state index in [0.717, 1.165) is 30.5 Å². The first-order chi connectivity index (χ1) is 8.88. The molecule has 2 heteroatoms. The van der Waals surface area contributed by atoms with Crippen LogP contribution >= 0.6 is 0 Å². The lowest BCUT2D eigenvalue weighted by Crippen LogP contribution is -2.11. The number of fused-ring (bicyclic) bond motifs is 1. The van der Waals surface area contributed by atoms with Crippen molar-refractivity contribution in [1.29, 1.82) is 0 Å². The van der Waals surface area contributed by atoms with E-state index in [1.165, 1.54) is 16.7 Å².